The Balaban J connectivity index is 2.24. The first-order valence-corrected chi connectivity index (χ1v) is 7.14. The van der Waals surface area contributed by atoms with E-state index in [0.29, 0.717) is 0 Å². The highest BCUT2D eigenvalue weighted by Gasteiger charge is 2.13. The van der Waals surface area contributed by atoms with Crippen LogP contribution in [0.3, 0.4) is 0 Å². The van der Waals surface area contributed by atoms with E-state index in [4.69, 9.17) is 22.6 Å². The van der Waals surface area contributed by atoms with Crippen molar-refractivity contribution in [2.75, 3.05) is 14.1 Å². The lowest BCUT2D eigenvalue weighted by Crippen LogP contribution is -2.01. The fraction of sp³-hybridized carbons (Fsp3) is 0.250. The molecule has 0 aliphatic rings. The maximum atomic E-state index is 13.2. The van der Waals surface area contributed by atoms with Gasteiger partial charge in [-0.3, -0.25) is 9.19 Å². The quantitative estimate of drug-likeness (QED) is 0.770. The van der Waals surface area contributed by atoms with Crippen LogP contribution in [0.5, 0.6) is 11.5 Å². The van der Waals surface area contributed by atoms with Gasteiger partial charge in [0.1, 0.15) is 11.5 Å². The summed E-state index contributed by atoms with van der Waals surface area (Å²) in [6.07, 6.45) is -1.11. The van der Waals surface area contributed by atoms with Gasteiger partial charge in [0.2, 0.25) is 0 Å². The molecule has 7 heteroatoms. The van der Waals surface area contributed by atoms with Crippen LogP contribution in [0, 0.1) is 6.85 Å². The first kappa shape index (κ1) is 6.24. The first-order valence-electron chi connectivity index (χ1n) is 12.5. The van der Waals surface area contributed by atoms with E-state index >= 15 is 0 Å². The van der Waals surface area contributed by atoms with Gasteiger partial charge in [0.05, 0.1) is 58.3 Å². The van der Waals surface area contributed by atoms with Gasteiger partial charge in [-0.05, 0) is 18.9 Å². The number of hydrogen-bond acceptors (Lipinski definition) is 5. The van der Waals surface area contributed by atoms with Crippen molar-refractivity contribution in [2.45, 2.75) is 17.7 Å². The van der Waals surface area contributed by atoms with Crippen molar-refractivity contribution in [1.29, 1.82) is 0 Å². The summed E-state index contributed by atoms with van der Waals surface area (Å²) < 4.78 is 124. The van der Waals surface area contributed by atoms with Crippen LogP contribution in [0.1, 0.15) is 29.1 Å². The molecule has 120 valence electrons. The average Bonchev–Trinajstić information content (AvgIpc) is 3.18. The second kappa shape index (κ2) is 6.37. The average molecular weight is 344 g/mol. The van der Waals surface area contributed by atoms with Crippen molar-refractivity contribution in [1.82, 2.24) is 15.0 Å². The van der Waals surface area contributed by atoms with Gasteiger partial charge in [-0.25, -0.2) is 4.98 Å². The molecule has 0 saturated carbocycles. The topological polar surface area (TPSA) is 77.1 Å². The molecular formula is C16H17N3O3S. The first-order chi connectivity index (χ1) is 16.3. The lowest BCUT2D eigenvalue weighted by Gasteiger charge is -2.06. The number of hydrogen-bond donors (Lipinski definition) is 1. The Labute approximate surface area is 154 Å². The highest BCUT2D eigenvalue weighted by atomic mass is 32.2. The molecule has 6 nitrogen and oxygen atoms in total. The van der Waals surface area contributed by atoms with Crippen LogP contribution >= 0.6 is 0 Å². The minimum absolute atomic E-state index is 0.184. The van der Waals surface area contributed by atoms with Gasteiger partial charge in [0, 0.05) is 30.7 Å². The summed E-state index contributed by atoms with van der Waals surface area (Å²) in [6, 6.07) is -2.54. The van der Waals surface area contributed by atoms with Crippen molar-refractivity contribution < 1.29 is 31.5 Å². The van der Waals surface area contributed by atoms with Crippen LogP contribution in [-0.2, 0) is 16.5 Å². The van der Waals surface area contributed by atoms with Crippen LogP contribution in [0.25, 0.3) is 11.0 Å². The number of methoxy groups -OCH3 is 2. The predicted molar refractivity (Wildman–Crippen MR) is 88.3 cm³/mol. The molecule has 0 bridgehead atoms. The minimum Gasteiger partial charge on any atom is -0.497 e. The maximum absolute atomic E-state index is 13.2. The van der Waals surface area contributed by atoms with Gasteiger partial charge >= 0.3 is 0 Å². The number of imidazole rings is 1. The molecule has 0 spiro atoms. The van der Waals surface area contributed by atoms with Crippen LogP contribution in [0.15, 0.2) is 35.5 Å². The summed E-state index contributed by atoms with van der Waals surface area (Å²) in [7, 11) is -4.99. The van der Waals surface area contributed by atoms with Crippen molar-refractivity contribution in [2.24, 2.45) is 0 Å². The van der Waals surface area contributed by atoms with Crippen LogP contribution in [0.4, 0.5) is 0 Å². The molecule has 3 rings (SSSR count). The maximum Gasteiger partial charge on any atom is 0.197 e. The minimum atomic E-state index is -3.27. The number of pyridine rings is 1. The lowest BCUT2D eigenvalue weighted by molar-refractivity contribution is 0.410. The molecule has 0 saturated heterocycles. The molecule has 2 aromatic heterocycles. The van der Waals surface area contributed by atoms with Crippen molar-refractivity contribution in [3.63, 3.8) is 0 Å². The van der Waals surface area contributed by atoms with E-state index in [1.165, 1.54) is 7.11 Å². The van der Waals surface area contributed by atoms with Gasteiger partial charge in [-0.15, -0.1) is 0 Å². The fourth-order valence-corrected chi connectivity index (χ4v) is 2.34. The number of fused-ring (bicyclic) bond motifs is 1. The summed E-state index contributed by atoms with van der Waals surface area (Å²) in [5, 5.41) is -0.629. The van der Waals surface area contributed by atoms with E-state index in [0.717, 1.165) is 0 Å². The Hall–Kier alpha value is -2.41. The molecule has 0 aliphatic heterocycles. The molecule has 1 atom stereocenters. The third-order valence-corrected chi connectivity index (χ3v) is 3.55. The number of benzene rings is 1. The van der Waals surface area contributed by atoms with Gasteiger partial charge in [-0.2, -0.15) is 0 Å². The third-order valence-electron chi connectivity index (χ3n) is 2.62. The predicted octanol–water partition coefficient (Wildman–Crippen LogP) is 2.59. The molecule has 2 heterocycles. The van der Waals surface area contributed by atoms with E-state index in [2.05, 4.69) is 19.7 Å². The number of nitrogens with one attached hydrogen (secondary N) is 1. The molecule has 1 unspecified atom stereocenters. The normalized spacial score (nSPS) is 22.2. The highest BCUT2D eigenvalue weighted by molar-refractivity contribution is 7.84. The van der Waals surface area contributed by atoms with E-state index in [-0.39, 0.29) is 16.8 Å². The van der Waals surface area contributed by atoms with E-state index in [1.54, 1.807) is 0 Å². The Bertz CT molecular complexity index is 1380. The van der Waals surface area contributed by atoms with Crippen LogP contribution in [-0.4, -0.2) is 33.3 Å². The summed E-state index contributed by atoms with van der Waals surface area (Å²) in [6.45, 7) is -3.15. The highest BCUT2D eigenvalue weighted by Crippen LogP contribution is 2.22. The number of aromatic nitrogens is 3. The zero-order valence-electron chi connectivity index (χ0n) is 24.5. The Morgan fingerprint density at radius 1 is 1.43 bits per heavy atom. The monoisotopic (exact) mass is 344 g/mol. The van der Waals surface area contributed by atoms with Crippen molar-refractivity contribution >= 4 is 21.8 Å². The summed E-state index contributed by atoms with van der Waals surface area (Å²) in [4.78, 5) is 9.80. The van der Waals surface area contributed by atoms with E-state index in [9.17, 15) is 4.21 Å². The van der Waals surface area contributed by atoms with E-state index < -0.39 is 82.9 Å². The Kier molecular flexibility index (Phi) is 1.73. The number of H-pyrrole nitrogens is 1. The molecule has 1 aromatic carbocycles. The molecule has 3 aromatic rings. The lowest BCUT2D eigenvalue weighted by atomic mass is 10.2. The second-order valence-corrected chi connectivity index (χ2v) is 5.18. The molecule has 0 radical (unpaired) electrons. The number of nitrogens with zero attached hydrogens (tertiary/aromatic N) is 2. The van der Waals surface area contributed by atoms with Crippen molar-refractivity contribution in [3.05, 3.63) is 41.6 Å². The van der Waals surface area contributed by atoms with Gasteiger partial charge in [-0.1, -0.05) is 0 Å². The number of rotatable bonds is 5. The van der Waals surface area contributed by atoms with Crippen LogP contribution in [0.2, 0.25) is 0 Å². The van der Waals surface area contributed by atoms with E-state index in [1.807, 2.05) is 0 Å². The second-order valence-electron chi connectivity index (χ2n) is 4.05. The molecule has 23 heavy (non-hydrogen) atoms. The largest absolute Gasteiger partial charge is 0.497 e. The Morgan fingerprint density at radius 2 is 2.35 bits per heavy atom. The van der Waals surface area contributed by atoms with Gasteiger partial charge < -0.3 is 14.5 Å². The molecule has 0 aliphatic carbocycles. The van der Waals surface area contributed by atoms with Gasteiger partial charge in [0.25, 0.3) is 0 Å². The zero-order valence-corrected chi connectivity index (χ0v) is 12.3. The van der Waals surface area contributed by atoms with Gasteiger partial charge in [0.15, 0.2) is 5.16 Å². The standard InChI is InChI=1S/C16H17N3O3S/c1-10-8-17-11(6-15(10)22-3)9-23(20)16-18-13-5-4-12(21-2)7-14(13)19-16/h4-8H,9H2,1-3H3,(H,18,19)/i1D3,3D3,4D,5D,6D,7D,8D,9D2. The SMILES string of the molecule is [2H]c1nc(C([2H])([2H])S(=O)c2nc3c([2H])c([2H])c(OC)c([2H])c3[nH]2)c([2H])c(OC([2H])([2H])[2H])c1C([2H])([2H])[2H]. The third kappa shape index (κ3) is 3.19. The summed E-state index contributed by atoms with van der Waals surface area (Å²) in [5.74, 6) is -1.42. The Morgan fingerprint density at radius 3 is 3.13 bits per heavy atom. The molecule has 0 amide bonds. The number of aromatic amines is 1. The smallest absolute Gasteiger partial charge is 0.197 e. The molecular weight excluding hydrogens is 314 g/mol. The molecule has 1 N–H and O–H groups in total. The summed E-state index contributed by atoms with van der Waals surface area (Å²) >= 11 is 0. The zero-order chi connectivity index (χ0) is 27.5. The molecule has 0 fully saturated rings. The number of ether oxygens (including phenoxy) is 2. The van der Waals surface area contributed by atoms with Crippen molar-refractivity contribution in [3.8, 4) is 11.5 Å². The summed E-state index contributed by atoms with van der Waals surface area (Å²) in [5.41, 5.74) is -5.73. The fourth-order valence-electron chi connectivity index (χ4n) is 1.60. The van der Waals surface area contributed by atoms with Crippen LogP contribution < -0.4 is 9.47 Å².